The second kappa shape index (κ2) is 4.69. The third-order valence-corrected chi connectivity index (χ3v) is 4.05. The van der Waals surface area contributed by atoms with Crippen molar-refractivity contribution in [2.24, 2.45) is 5.92 Å². The van der Waals surface area contributed by atoms with E-state index in [1.807, 2.05) is 0 Å². The molecule has 0 radical (unpaired) electrons. The first-order valence-electron chi connectivity index (χ1n) is 7.02. The molecule has 102 valence electrons. The number of rotatable bonds is 2. The Morgan fingerprint density at radius 2 is 1.94 bits per heavy atom. The van der Waals surface area contributed by atoms with Crippen molar-refractivity contribution in [1.82, 2.24) is 14.7 Å². The molecule has 0 aromatic carbocycles. The maximum atomic E-state index is 4.76. The molecule has 0 N–H and O–H groups in total. The molecule has 3 heteroatoms. The molecule has 1 aliphatic rings. The summed E-state index contributed by atoms with van der Waals surface area (Å²) < 4.78 is 2.24. The Kier molecular flexibility index (Phi) is 3.54. The van der Waals surface area contributed by atoms with E-state index in [4.69, 9.17) is 5.10 Å². The van der Waals surface area contributed by atoms with Crippen LogP contribution in [0.15, 0.2) is 0 Å². The summed E-state index contributed by atoms with van der Waals surface area (Å²) in [6.45, 7) is 14.7. The third kappa shape index (κ3) is 2.61. The Bertz CT molecular complexity index is 426. The molecule has 2 heterocycles. The zero-order chi connectivity index (χ0) is 13.5. The number of likely N-dealkylation sites (tertiary alicyclic amines) is 1. The maximum absolute atomic E-state index is 4.76. The molecule has 1 aliphatic heterocycles. The summed E-state index contributed by atoms with van der Waals surface area (Å²) >= 11 is 0. The van der Waals surface area contributed by atoms with Crippen LogP contribution in [0.2, 0.25) is 0 Å². The SMILES string of the molecule is Cc1nn(CC2CCN(C)C2)c(C)c1C(C)(C)C. The summed E-state index contributed by atoms with van der Waals surface area (Å²) in [6.07, 6.45) is 1.31. The first kappa shape index (κ1) is 13.6. The first-order valence-corrected chi connectivity index (χ1v) is 7.02. The Balaban J connectivity index is 2.20. The average molecular weight is 249 g/mol. The van der Waals surface area contributed by atoms with Gasteiger partial charge in [-0.25, -0.2) is 0 Å². The topological polar surface area (TPSA) is 21.1 Å². The van der Waals surface area contributed by atoms with Crippen molar-refractivity contribution in [2.75, 3.05) is 20.1 Å². The van der Waals surface area contributed by atoms with Gasteiger partial charge in [0.15, 0.2) is 0 Å². The van der Waals surface area contributed by atoms with Gasteiger partial charge in [0.05, 0.1) is 5.69 Å². The Morgan fingerprint density at radius 3 is 2.39 bits per heavy atom. The highest BCUT2D eigenvalue weighted by atomic mass is 15.3. The normalized spacial score (nSPS) is 21.8. The molecular weight excluding hydrogens is 222 g/mol. The standard InChI is InChI=1S/C15H27N3/c1-11-14(15(3,4)5)12(2)18(16-11)10-13-7-8-17(6)9-13/h13H,7-10H2,1-6H3. The van der Waals surface area contributed by atoms with Crippen LogP contribution in [0.3, 0.4) is 0 Å². The monoisotopic (exact) mass is 249 g/mol. The van der Waals surface area contributed by atoms with Crippen molar-refractivity contribution in [2.45, 2.75) is 53.0 Å². The van der Waals surface area contributed by atoms with Gasteiger partial charge >= 0.3 is 0 Å². The van der Waals surface area contributed by atoms with Gasteiger partial charge in [-0.3, -0.25) is 4.68 Å². The van der Waals surface area contributed by atoms with E-state index in [2.05, 4.69) is 51.2 Å². The van der Waals surface area contributed by atoms with Crippen LogP contribution in [0.1, 0.15) is 44.1 Å². The summed E-state index contributed by atoms with van der Waals surface area (Å²) in [4.78, 5) is 2.42. The van der Waals surface area contributed by atoms with Crippen LogP contribution in [0.4, 0.5) is 0 Å². The number of hydrogen-bond acceptors (Lipinski definition) is 2. The van der Waals surface area contributed by atoms with E-state index in [1.165, 1.54) is 36.5 Å². The zero-order valence-electron chi connectivity index (χ0n) is 12.7. The van der Waals surface area contributed by atoms with E-state index in [0.29, 0.717) is 0 Å². The molecule has 0 bridgehead atoms. The van der Waals surface area contributed by atoms with Gasteiger partial charge in [-0.15, -0.1) is 0 Å². The largest absolute Gasteiger partial charge is 0.306 e. The second-order valence-electron chi connectivity index (χ2n) is 6.89. The molecular formula is C15H27N3. The minimum Gasteiger partial charge on any atom is -0.306 e. The van der Waals surface area contributed by atoms with Gasteiger partial charge in [-0.2, -0.15) is 5.10 Å². The summed E-state index contributed by atoms with van der Waals surface area (Å²) in [5, 5.41) is 4.76. The van der Waals surface area contributed by atoms with E-state index in [-0.39, 0.29) is 5.41 Å². The fourth-order valence-electron chi connectivity index (χ4n) is 3.38. The minimum absolute atomic E-state index is 0.193. The second-order valence-corrected chi connectivity index (χ2v) is 6.89. The van der Waals surface area contributed by atoms with Crippen molar-refractivity contribution in [1.29, 1.82) is 0 Å². The van der Waals surface area contributed by atoms with Crippen molar-refractivity contribution in [3.63, 3.8) is 0 Å². The van der Waals surface area contributed by atoms with Gasteiger partial charge in [0.1, 0.15) is 0 Å². The molecule has 18 heavy (non-hydrogen) atoms. The van der Waals surface area contributed by atoms with Crippen molar-refractivity contribution in [3.05, 3.63) is 17.0 Å². The quantitative estimate of drug-likeness (QED) is 0.803. The van der Waals surface area contributed by atoms with Crippen molar-refractivity contribution in [3.8, 4) is 0 Å². The molecule has 0 spiro atoms. The molecule has 1 atom stereocenters. The highest BCUT2D eigenvalue weighted by Gasteiger charge is 2.26. The summed E-state index contributed by atoms with van der Waals surface area (Å²) in [5.41, 5.74) is 4.17. The van der Waals surface area contributed by atoms with Gasteiger partial charge in [0.25, 0.3) is 0 Å². The van der Waals surface area contributed by atoms with E-state index < -0.39 is 0 Å². The fraction of sp³-hybridized carbons (Fsp3) is 0.800. The van der Waals surface area contributed by atoms with Crippen molar-refractivity contribution < 1.29 is 0 Å². The number of hydrogen-bond donors (Lipinski definition) is 0. The molecule has 1 unspecified atom stereocenters. The van der Waals surface area contributed by atoms with Gasteiger partial charge in [-0.05, 0) is 45.2 Å². The molecule has 1 aromatic rings. The fourth-order valence-corrected chi connectivity index (χ4v) is 3.38. The van der Waals surface area contributed by atoms with Gasteiger partial charge < -0.3 is 4.90 Å². The molecule has 0 saturated carbocycles. The molecule has 2 rings (SSSR count). The Labute approximate surface area is 111 Å². The maximum Gasteiger partial charge on any atom is 0.0633 e. The summed E-state index contributed by atoms with van der Waals surface area (Å²) in [5.74, 6) is 0.765. The van der Waals surface area contributed by atoms with Gasteiger partial charge in [0, 0.05) is 24.3 Å². The van der Waals surface area contributed by atoms with E-state index in [0.717, 1.165) is 12.5 Å². The Hall–Kier alpha value is -0.830. The van der Waals surface area contributed by atoms with E-state index in [1.54, 1.807) is 0 Å². The van der Waals surface area contributed by atoms with Gasteiger partial charge in [-0.1, -0.05) is 20.8 Å². The lowest BCUT2D eigenvalue weighted by Crippen LogP contribution is -2.19. The molecule has 1 aromatic heterocycles. The smallest absolute Gasteiger partial charge is 0.0633 e. The molecule has 0 aliphatic carbocycles. The van der Waals surface area contributed by atoms with Crippen LogP contribution in [0.5, 0.6) is 0 Å². The lowest BCUT2D eigenvalue weighted by molar-refractivity contribution is 0.367. The van der Waals surface area contributed by atoms with Crippen LogP contribution in [-0.4, -0.2) is 34.8 Å². The average Bonchev–Trinajstić information content (AvgIpc) is 2.71. The third-order valence-electron chi connectivity index (χ3n) is 4.05. The van der Waals surface area contributed by atoms with Crippen LogP contribution in [0, 0.1) is 19.8 Å². The number of nitrogens with zero attached hydrogens (tertiary/aromatic N) is 3. The lowest BCUT2D eigenvalue weighted by Gasteiger charge is -2.20. The van der Waals surface area contributed by atoms with Crippen molar-refractivity contribution >= 4 is 0 Å². The number of aryl methyl sites for hydroxylation is 1. The highest BCUT2D eigenvalue weighted by Crippen LogP contribution is 2.29. The Morgan fingerprint density at radius 1 is 1.28 bits per heavy atom. The molecule has 3 nitrogen and oxygen atoms in total. The predicted octanol–water partition coefficient (Wildman–Crippen LogP) is 2.75. The van der Waals surface area contributed by atoms with Crippen LogP contribution in [-0.2, 0) is 12.0 Å². The van der Waals surface area contributed by atoms with E-state index in [9.17, 15) is 0 Å². The number of aromatic nitrogens is 2. The molecule has 1 saturated heterocycles. The minimum atomic E-state index is 0.193. The summed E-state index contributed by atoms with van der Waals surface area (Å²) in [6, 6.07) is 0. The predicted molar refractivity (Wildman–Crippen MR) is 76.0 cm³/mol. The first-order chi connectivity index (χ1) is 8.29. The van der Waals surface area contributed by atoms with Gasteiger partial charge in [0.2, 0.25) is 0 Å². The van der Waals surface area contributed by atoms with Crippen LogP contribution < -0.4 is 0 Å². The lowest BCUT2D eigenvalue weighted by atomic mass is 9.85. The van der Waals surface area contributed by atoms with Crippen LogP contribution in [0.25, 0.3) is 0 Å². The van der Waals surface area contributed by atoms with E-state index >= 15 is 0 Å². The zero-order valence-corrected chi connectivity index (χ0v) is 12.7. The highest BCUT2D eigenvalue weighted by molar-refractivity contribution is 5.31. The summed E-state index contributed by atoms with van der Waals surface area (Å²) in [7, 11) is 2.21. The molecule has 0 amide bonds. The molecule has 1 fully saturated rings. The van der Waals surface area contributed by atoms with Crippen LogP contribution >= 0.6 is 0 Å².